The van der Waals surface area contributed by atoms with Crippen molar-refractivity contribution in [1.82, 2.24) is 0 Å². The summed E-state index contributed by atoms with van der Waals surface area (Å²) in [5, 5.41) is 1.11. The Morgan fingerprint density at radius 2 is 1.42 bits per heavy atom. The van der Waals surface area contributed by atoms with E-state index in [4.69, 9.17) is 11.6 Å². The van der Waals surface area contributed by atoms with Gasteiger partial charge in [-0.25, -0.2) is 0 Å². The number of hydrogen-bond acceptors (Lipinski definition) is 0. The SMILES string of the molecule is BrCCCCC1c2ccccc2-c2ccccc21.CCCCCCl. The molecule has 0 unspecified atom stereocenters. The van der Waals surface area contributed by atoms with Crippen molar-refractivity contribution >= 4 is 27.5 Å². The Morgan fingerprint density at radius 1 is 0.833 bits per heavy atom. The van der Waals surface area contributed by atoms with E-state index in [0.29, 0.717) is 5.92 Å². The summed E-state index contributed by atoms with van der Waals surface area (Å²) in [5.41, 5.74) is 5.93. The van der Waals surface area contributed by atoms with Crippen molar-refractivity contribution in [2.75, 3.05) is 11.2 Å². The molecule has 2 heteroatoms. The predicted octanol–water partition coefficient (Wildman–Crippen LogP) is 7.78. The van der Waals surface area contributed by atoms with E-state index in [9.17, 15) is 0 Å². The second kappa shape index (κ2) is 10.9. The van der Waals surface area contributed by atoms with Crippen molar-refractivity contribution < 1.29 is 0 Å². The number of unbranched alkanes of at least 4 members (excludes halogenated alkanes) is 3. The second-order valence-corrected chi connectivity index (χ2v) is 7.48. The molecule has 2 aromatic carbocycles. The van der Waals surface area contributed by atoms with Crippen LogP contribution in [0.3, 0.4) is 0 Å². The number of halogens is 2. The van der Waals surface area contributed by atoms with Crippen LogP contribution in [0.1, 0.15) is 62.5 Å². The molecule has 3 rings (SSSR count). The fraction of sp³-hybridized carbons (Fsp3) is 0.455. The lowest BCUT2D eigenvalue weighted by atomic mass is 9.92. The molecule has 0 atom stereocenters. The van der Waals surface area contributed by atoms with E-state index in [1.54, 1.807) is 0 Å². The summed E-state index contributed by atoms with van der Waals surface area (Å²) in [4.78, 5) is 0. The molecule has 1 aliphatic carbocycles. The topological polar surface area (TPSA) is 0 Å². The van der Waals surface area contributed by atoms with Crippen LogP contribution in [0.15, 0.2) is 48.5 Å². The third-order valence-corrected chi connectivity index (χ3v) is 5.40. The first kappa shape index (κ1) is 19.5. The van der Waals surface area contributed by atoms with Gasteiger partial charge in [0, 0.05) is 17.1 Å². The first-order valence-corrected chi connectivity index (χ1v) is 10.8. The Morgan fingerprint density at radius 3 is 1.88 bits per heavy atom. The van der Waals surface area contributed by atoms with Gasteiger partial charge in [0.25, 0.3) is 0 Å². The third-order valence-electron chi connectivity index (χ3n) is 4.58. The molecular weight excluding hydrogens is 380 g/mol. The van der Waals surface area contributed by atoms with E-state index >= 15 is 0 Å². The lowest BCUT2D eigenvalue weighted by Crippen LogP contribution is -1.96. The van der Waals surface area contributed by atoms with Crippen LogP contribution in [0, 0.1) is 0 Å². The zero-order valence-electron chi connectivity index (χ0n) is 14.6. The standard InChI is InChI=1S/C17H17Br.C5H11Cl/c18-12-6-5-11-17-15-9-3-1-7-13(15)14-8-2-4-10-16(14)17;1-2-3-4-5-6/h1-4,7-10,17H,5-6,11-12H2;2-5H2,1H3. The second-order valence-electron chi connectivity index (χ2n) is 6.31. The van der Waals surface area contributed by atoms with E-state index in [-0.39, 0.29) is 0 Å². The number of hydrogen-bond donors (Lipinski definition) is 0. The van der Waals surface area contributed by atoms with Crippen molar-refractivity contribution in [1.29, 1.82) is 0 Å². The number of benzene rings is 2. The summed E-state index contributed by atoms with van der Waals surface area (Å²) in [6.45, 7) is 2.17. The fourth-order valence-corrected chi connectivity index (χ4v) is 3.94. The maximum absolute atomic E-state index is 5.38. The van der Waals surface area contributed by atoms with Gasteiger partial charge in [0.1, 0.15) is 0 Å². The summed E-state index contributed by atoms with van der Waals surface area (Å²) in [6, 6.07) is 17.8. The van der Waals surface area contributed by atoms with Crippen molar-refractivity contribution in [2.24, 2.45) is 0 Å². The first-order valence-electron chi connectivity index (χ1n) is 9.13. The third kappa shape index (κ3) is 5.10. The molecule has 0 heterocycles. The van der Waals surface area contributed by atoms with Crippen molar-refractivity contribution in [3.8, 4) is 11.1 Å². The highest BCUT2D eigenvalue weighted by Crippen LogP contribution is 2.46. The molecule has 0 aromatic heterocycles. The molecule has 0 spiro atoms. The van der Waals surface area contributed by atoms with Gasteiger partial charge in [-0.3, -0.25) is 0 Å². The number of fused-ring (bicyclic) bond motifs is 3. The minimum absolute atomic E-state index is 0.608. The Labute approximate surface area is 160 Å². The maximum atomic E-state index is 5.38. The van der Waals surface area contributed by atoms with Crippen LogP contribution in [-0.4, -0.2) is 11.2 Å². The monoisotopic (exact) mass is 406 g/mol. The molecule has 0 radical (unpaired) electrons. The van der Waals surface area contributed by atoms with Crippen molar-refractivity contribution in [3.05, 3.63) is 59.7 Å². The highest BCUT2D eigenvalue weighted by Gasteiger charge is 2.26. The van der Waals surface area contributed by atoms with Crippen LogP contribution in [0.25, 0.3) is 11.1 Å². The Kier molecular flexibility index (Phi) is 8.91. The molecule has 0 N–H and O–H groups in total. The first-order chi connectivity index (χ1) is 11.8. The molecule has 0 nitrogen and oxygen atoms in total. The summed E-state index contributed by atoms with van der Waals surface area (Å²) in [7, 11) is 0. The van der Waals surface area contributed by atoms with E-state index in [0.717, 1.165) is 11.2 Å². The lowest BCUT2D eigenvalue weighted by molar-refractivity contribution is 0.664. The minimum atomic E-state index is 0.608. The normalized spacial score (nSPS) is 12.3. The molecule has 130 valence electrons. The quantitative estimate of drug-likeness (QED) is 0.324. The van der Waals surface area contributed by atoms with Gasteiger partial charge in [-0.1, -0.05) is 90.6 Å². The molecule has 24 heavy (non-hydrogen) atoms. The maximum Gasteiger partial charge on any atom is 0.0223 e. The highest BCUT2D eigenvalue weighted by molar-refractivity contribution is 9.09. The van der Waals surface area contributed by atoms with Gasteiger partial charge >= 0.3 is 0 Å². The zero-order valence-corrected chi connectivity index (χ0v) is 17.0. The molecule has 2 aromatic rings. The Hall–Kier alpha value is -0.790. The average Bonchev–Trinajstić information content (AvgIpc) is 2.95. The van der Waals surface area contributed by atoms with Crippen molar-refractivity contribution in [2.45, 2.75) is 51.4 Å². The molecule has 0 saturated carbocycles. The number of alkyl halides is 2. The molecule has 1 aliphatic rings. The van der Waals surface area contributed by atoms with Crippen LogP contribution < -0.4 is 0 Å². The van der Waals surface area contributed by atoms with Gasteiger partial charge in [-0.05, 0) is 41.5 Å². The lowest BCUT2D eigenvalue weighted by Gasteiger charge is -2.12. The molecule has 0 fully saturated rings. The van der Waals surface area contributed by atoms with Gasteiger partial charge in [0.15, 0.2) is 0 Å². The van der Waals surface area contributed by atoms with Crippen molar-refractivity contribution in [3.63, 3.8) is 0 Å². The zero-order chi connectivity index (χ0) is 17.2. The van der Waals surface area contributed by atoms with Crippen LogP contribution in [-0.2, 0) is 0 Å². The van der Waals surface area contributed by atoms with Gasteiger partial charge < -0.3 is 0 Å². The van der Waals surface area contributed by atoms with Gasteiger partial charge in [0.2, 0.25) is 0 Å². The Bertz CT molecular complexity index is 559. The average molecular weight is 408 g/mol. The van der Waals surface area contributed by atoms with E-state index in [1.165, 1.54) is 60.8 Å². The molecule has 0 bridgehead atoms. The van der Waals surface area contributed by atoms with E-state index in [1.807, 2.05) is 0 Å². The molecule has 0 saturated heterocycles. The summed E-state index contributed by atoms with van der Waals surface area (Å²) >= 11 is 8.90. The van der Waals surface area contributed by atoms with Gasteiger partial charge in [-0.2, -0.15) is 0 Å². The molecular formula is C22H28BrCl. The predicted molar refractivity (Wildman–Crippen MR) is 112 cm³/mol. The van der Waals surface area contributed by atoms with E-state index < -0.39 is 0 Å². The van der Waals surface area contributed by atoms with E-state index in [2.05, 4.69) is 71.4 Å². The highest BCUT2D eigenvalue weighted by atomic mass is 79.9. The van der Waals surface area contributed by atoms with Crippen LogP contribution >= 0.6 is 27.5 Å². The summed E-state index contributed by atoms with van der Waals surface area (Å²) in [5.74, 6) is 1.44. The van der Waals surface area contributed by atoms with Gasteiger partial charge in [-0.15, -0.1) is 11.6 Å². The summed E-state index contributed by atoms with van der Waals surface area (Å²) in [6.07, 6.45) is 7.55. The molecule has 0 amide bonds. The molecule has 0 aliphatic heterocycles. The van der Waals surface area contributed by atoms with Crippen LogP contribution in [0.4, 0.5) is 0 Å². The smallest absolute Gasteiger partial charge is 0.0223 e. The van der Waals surface area contributed by atoms with Crippen LogP contribution in [0.5, 0.6) is 0 Å². The largest absolute Gasteiger partial charge is 0.127 e. The Balaban J connectivity index is 0.000000301. The number of rotatable bonds is 7. The fourth-order valence-electron chi connectivity index (χ4n) is 3.36. The summed E-state index contributed by atoms with van der Waals surface area (Å²) < 4.78 is 0. The van der Waals surface area contributed by atoms with Gasteiger partial charge in [0.05, 0.1) is 0 Å². The van der Waals surface area contributed by atoms with Crippen LogP contribution in [0.2, 0.25) is 0 Å². The minimum Gasteiger partial charge on any atom is -0.127 e.